The number of benzene rings is 10. The molecule has 0 spiro atoms. The van der Waals surface area contributed by atoms with Gasteiger partial charge in [-0.05, 0) is 116 Å². The number of nitrogens with zero attached hydrogens (tertiary/aromatic N) is 1. The molecule has 0 saturated heterocycles. The van der Waals surface area contributed by atoms with Crippen molar-refractivity contribution in [3.05, 3.63) is 210 Å². The van der Waals surface area contributed by atoms with Crippen molar-refractivity contribution in [1.29, 1.82) is 0 Å². The first-order valence-corrected chi connectivity index (χ1v) is 24.7. The summed E-state index contributed by atoms with van der Waals surface area (Å²) in [6, 6.07) is 68.9. The quantitative estimate of drug-likeness (QED) is 0.164. The monoisotopic (exact) mass is 897 g/mol. The van der Waals surface area contributed by atoms with Gasteiger partial charge in [0.25, 0.3) is 0 Å². The number of hydrogen-bond acceptors (Lipinski definition) is 5. The second kappa shape index (κ2) is 14.2. The number of hydrogen-bond donors (Lipinski definition) is 0. The molecule has 3 nitrogen and oxygen atoms in total. The first-order chi connectivity index (χ1) is 32.7. The lowest BCUT2D eigenvalue weighted by molar-refractivity contribution is 0.361. The van der Waals surface area contributed by atoms with Crippen LogP contribution < -0.4 is 14.4 Å². The van der Waals surface area contributed by atoms with Crippen LogP contribution in [0.25, 0.3) is 54.9 Å². The van der Waals surface area contributed by atoms with E-state index >= 15 is 0 Å². The van der Waals surface area contributed by atoms with Crippen LogP contribution in [0.3, 0.4) is 0 Å². The lowest BCUT2D eigenvalue weighted by Crippen LogP contribution is -2.17. The third-order valence-corrected chi connectivity index (χ3v) is 17.4. The van der Waals surface area contributed by atoms with Crippen LogP contribution >= 0.6 is 23.5 Å². The molecule has 10 aromatic carbocycles. The largest absolute Gasteiger partial charge is 0.449 e. The predicted molar refractivity (Wildman–Crippen MR) is 278 cm³/mol. The van der Waals surface area contributed by atoms with Crippen LogP contribution in [0.2, 0.25) is 0 Å². The van der Waals surface area contributed by atoms with Crippen LogP contribution in [0.15, 0.2) is 208 Å². The van der Waals surface area contributed by atoms with Gasteiger partial charge >= 0.3 is 0 Å². The highest BCUT2D eigenvalue weighted by Crippen LogP contribution is 2.61. The van der Waals surface area contributed by atoms with E-state index in [4.69, 9.17) is 9.47 Å². The van der Waals surface area contributed by atoms with E-state index in [2.05, 4.69) is 215 Å². The molecule has 67 heavy (non-hydrogen) atoms. The summed E-state index contributed by atoms with van der Waals surface area (Å²) in [7, 11) is 0. The summed E-state index contributed by atoms with van der Waals surface area (Å²) in [6.45, 7) is 9.38. The van der Waals surface area contributed by atoms with Crippen molar-refractivity contribution in [1.82, 2.24) is 0 Å². The summed E-state index contributed by atoms with van der Waals surface area (Å²) in [5, 5.41) is 4.89. The van der Waals surface area contributed by atoms with Gasteiger partial charge in [0.15, 0.2) is 23.0 Å². The number of fused-ring (bicyclic) bond motifs is 15. The van der Waals surface area contributed by atoms with Crippen LogP contribution in [-0.4, -0.2) is 0 Å². The van der Waals surface area contributed by atoms with Crippen LogP contribution in [0.5, 0.6) is 23.0 Å². The minimum absolute atomic E-state index is 0.147. The smallest absolute Gasteiger partial charge is 0.178 e. The highest BCUT2D eigenvalue weighted by molar-refractivity contribution is 8.05. The number of ether oxygens (including phenoxy) is 2. The molecule has 2 heterocycles. The fourth-order valence-corrected chi connectivity index (χ4v) is 13.9. The number of para-hydroxylation sites is 1. The van der Waals surface area contributed by atoms with Gasteiger partial charge in [-0.25, -0.2) is 0 Å². The molecule has 0 amide bonds. The zero-order chi connectivity index (χ0) is 44.8. The Hall–Kier alpha value is -7.18. The van der Waals surface area contributed by atoms with E-state index < -0.39 is 0 Å². The van der Waals surface area contributed by atoms with E-state index in [0.29, 0.717) is 5.75 Å². The second-order valence-electron chi connectivity index (χ2n) is 19.2. The fourth-order valence-electron chi connectivity index (χ4n) is 11.4. The molecule has 4 aliphatic rings. The molecular weight excluding hydrogens is 855 g/mol. The Labute approximate surface area is 399 Å². The Morgan fingerprint density at radius 2 is 1.04 bits per heavy atom. The molecule has 14 rings (SSSR count). The minimum Gasteiger partial charge on any atom is -0.449 e. The summed E-state index contributed by atoms with van der Waals surface area (Å²) in [5.41, 5.74) is 15.3. The van der Waals surface area contributed by atoms with Crippen molar-refractivity contribution in [2.75, 3.05) is 4.90 Å². The molecule has 0 fully saturated rings. The molecular formula is C62H43NO2S2. The summed E-state index contributed by atoms with van der Waals surface area (Å²) in [6.07, 6.45) is 0. The van der Waals surface area contributed by atoms with Crippen molar-refractivity contribution in [2.24, 2.45) is 0 Å². The minimum atomic E-state index is -0.204. The highest BCUT2D eigenvalue weighted by atomic mass is 32.2. The Morgan fingerprint density at radius 1 is 0.403 bits per heavy atom. The van der Waals surface area contributed by atoms with Crippen LogP contribution in [0.1, 0.15) is 49.9 Å². The molecule has 5 heteroatoms. The average Bonchev–Trinajstić information content (AvgIpc) is 3.74. The molecule has 2 aliphatic carbocycles. The van der Waals surface area contributed by atoms with Crippen LogP contribution in [0, 0.1) is 0 Å². The molecule has 0 radical (unpaired) electrons. The Morgan fingerprint density at radius 3 is 1.90 bits per heavy atom. The van der Waals surface area contributed by atoms with Crippen molar-refractivity contribution in [3.8, 4) is 56.4 Å². The Balaban J connectivity index is 0.907. The van der Waals surface area contributed by atoms with Crippen molar-refractivity contribution in [3.63, 3.8) is 0 Å². The molecule has 0 N–H and O–H groups in total. The van der Waals surface area contributed by atoms with Gasteiger partial charge in [0, 0.05) is 63.9 Å². The second-order valence-corrected chi connectivity index (χ2v) is 21.3. The molecule has 0 aromatic heterocycles. The molecule has 2 aliphatic heterocycles. The summed E-state index contributed by atoms with van der Waals surface area (Å²) in [5.74, 6) is 2.98. The van der Waals surface area contributed by atoms with Crippen LogP contribution in [0.4, 0.5) is 17.1 Å². The summed E-state index contributed by atoms with van der Waals surface area (Å²) >= 11 is 3.81. The standard InChI is InChI=1S/C62H43NO2S2/c1-61(2)46-20-10-9-18-44(46)56-47(61)30-32-52-59(56)65-58-41(19-13-21-51(58)64-52)36-24-26-38(27-25-36)63(50-34-37-14-5-6-15-40(37)42-16-7-8-17-43(42)50)39-28-29-45-49(35-39)62(3,4)48-31-33-55-60(57(45)48)67-54-23-12-11-22-53(54)66-55/h5-35H,1-4H3. The first-order valence-electron chi connectivity index (χ1n) is 23.1. The van der Waals surface area contributed by atoms with Gasteiger partial charge in [0.05, 0.1) is 5.69 Å². The fraction of sp³-hybridized carbons (Fsp3) is 0.0968. The van der Waals surface area contributed by atoms with E-state index in [1.54, 1.807) is 0 Å². The molecule has 0 bridgehead atoms. The van der Waals surface area contributed by atoms with Crippen molar-refractivity contribution < 1.29 is 9.47 Å². The highest BCUT2D eigenvalue weighted by Gasteiger charge is 2.41. The lowest BCUT2D eigenvalue weighted by Gasteiger charge is -2.30. The maximum Gasteiger partial charge on any atom is 0.178 e. The normalized spacial score (nSPS) is 14.9. The molecule has 0 atom stereocenters. The maximum atomic E-state index is 7.06. The molecule has 0 saturated carbocycles. The number of anilines is 3. The number of rotatable bonds is 4. The summed E-state index contributed by atoms with van der Waals surface area (Å²) in [4.78, 5) is 7.82. The average molecular weight is 898 g/mol. The van der Waals surface area contributed by atoms with Crippen molar-refractivity contribution in [2.45, 2.75) is 58.1 Å². The van der Waals surface area contributed by atoms with Gasteiger partial charge in [0.1, 0.15) is 0 Å². The zero-order valence-corrected chi connectivity index (χ0v) is 39.1. The first kappa shape index (κ1) is 39.0. The van der Waals surface area contributed by atoms with E-state index in [9.17, 15) is 0 Å². The molecule has 320 valence electrons. The summed E-state index contributed by atoms with van der Waals surface area (Å²) < 4.78 is 13.8. The lowest BCUT2D eigenvalue weighted by atomic mass is 9.82. The molecule has 0 unspecified atom stereocenters. The van der Waals surface area contributed by atoms with E-state index in [1.165, 1.54) is 80.1 Å². The van der Waals surface area contributed by atoms with Gasteiger partial charge in [0.2, 0.25) is 0 Å². The Bertz CT molecular complexity index is 3770. The van der Waals surface area contributed by atoms with Crippen molar-refractivity contribution >= 4 is 62.1 Å². The third kappa shape index (κ3) is 5.62. The van der Waals surface area contributed by atoms with Crippen LogP contribution in [-0.2, 0) is 10.8 Å². The zero-order valence-electron chi connectivity index (χ0n) is 37.5. The van der Waals surface area contributed by atoms with Gasteiger partial charge in [-0.15, -0.1) is 0 Å². The SMILES string of the molecule is CC1(C)c2ccccc2-c2c1ccc1c2Oc2c(cccc2-c2ccc(N(c3ccc4c(c3)C(C)(C)c3ccc5c(c3-4)Sc3ccccc3S5)c3cc4ccccc4c4ccccc34)cc2)O1. The van der Waals surface area contributed by atoms with Gasteiger partial charge in [-0.2, -0.15) is 0 Å². The van der Waals surface area contributed by atoms with E-state index in [1.807, 2.05) is 29.6 Å². The van der Waals surface area contributed by atoms with Gasteiger partial charge < -0.3 is 14.4 Å². The van der Waals surface area contributed by atoms with Gasteiger partial charge in [-0.1, -0.05) is 179 Å². The Kier molecular flexibility index (Phi) is 8.25. The van der Waals surface area contributed by atoms with E-state index in [0.717, 1.165) is 51.0 Å². The predicted octanol–water partition coefficient (Wildman–Crippen LogP) is 18.3. The topological polar surface area (TPSA) is 21.7 Å². The molecule has 10 aromatic rings. The van der Waals surface area contributed by atoms with E-state index in [-0.39, 0.29) is 10.8 Å². The third-order valence-electron chi connectivity index (χ3n) is 14.8. The maximum absolute atomic E-state index is 7.06. The van der Waals surface area contributed by atoms with Gasteiger partial charge in [-0.3, -0.25) is 0 Å².